The molecule has 0 aliphatic heterocycles. The number of carbonyl (C=O) groups excluding carboxylic acids is 3. The van der Waals surface area contributed by atoms with Crippen molar-refractivity contribution in [1.29, 1.82) is 0 Å². The number of aryl methyl sites for hydroxylation is 1. The summed E-state index contributed by atoms with van der Waals surface area (Å²) in [6.07, 6.45) is 1.05. The molecule has 0 heterocycles. The molecule has 1 rings (SSSR count). The van der Waals surface area contributed by atoms with Gasteiger partial charge in [0.2, 0.25) is 11.8 Å². The van der Waals surface area contributed by atoms with E-state index in [-0.39, 0.29) is 17.7 Å². The zero-order chi connectivity index (χ0) is 26.3. The Labute approximate surface area is 210 Å². The molecular formula is C26H43N3O4S. The van der Waals surface area contributed by atoms with Gasteiger partial charge < -0.3 is 20.3 Å². The number of rotatable bonds is 9. The van der Waals surface area contributed by atoms with Crippen LogP contribution in [-0.4, -0.2) is 51.8 Å². The highest BCUT2D eigenvalue weighted by Gasteiger charge is 2.41. The van der Waals surface area contributed by atoms with Crippen LogP contribution in [0.5, 0.6) is 0 Å². The molecule has 1 aromatic carbocycles. The van der Waals surface area contributed by atoms with Gasteiger partial charge in [0.05, 0.1) is 0 Å². The van der Waals surface area contributed by atoms with E-state index < -0.39 is 35.2 Å². The fourth-order valence-corrected chi connectivity index (χ4v) is 3.98. The van der Waals surface area contributed by atoms with Gasteiger partial charge in [0.15, 0.2) is 0 Å². The Hall–Kier alpha value is -2.22. The van der Waals surface area contributed by atoms with E-state index in [1.807, 2.05) is 58.9 Å². The molecule has 0 bridgehead atoms. The van der Waals surface area contributed by atoms with Crippen molar-refractivity contribution in [2.75, 3.05) is 5.75 Å². The monoisotopic (exact) mass is 493 g/mol. The molecule has 34 heavy (non-hydrogen) atoms. The molecule has 192 valence electrons. The Bertz CT molecular complexity index is 845. The van der Waals surface area contributed by atoms with E-state index in [4.69, 9.17) is 4.74 Å². The highest BCUT2D eigenvalue weighted by Crippen LogP contribution is 2.31. The van der Waals surface area contributed by atoms with Crippen LogP contribution in [0.4, 0.5) is 4.79 Å². The second kappa shape index (κ2) is 12.5. The van der Waals surface area contributed by atoms with Crippen LogP contribution in [0.1, 0.15) is 85.4 Å². The topological polar surface area (TPSA) is 87.7 Å². The van der Waals surface area contributed by atoms with E-state index in [0.29, 0.717) is 5.56 Å². The van der Waals surface area contributed by atoms with Crippen molar-refractivity contribution in [3.05, 3.63) is 35.4 Å². The van der Waals surface area contributed by atoms with Gasteiger partial charge in [-0.3, -0.25) is 9.59 Å². The van der Waals surface area contributed by atoms with E-state index in [9.17, 15) is 14.4 Å². The van der Waals surface area contributed by atoms with Crippen LogP contribution in [0.15, 0.2) is 24.3 Å². The summed E-state index contributed by atoms with van der Waals surface area (Å²) in [6.45, 7) is 16.8. The standard InChI is InChI=1S/C26H43N3O4S/c1-10-12-18(3)27-22(30)21(19-14-11-13-17(2)15-19)29(25(4,5)6)23(31)20(16-34)28-24(32)33-26(7,8)9/h11,13-15,18,20-21,34H,10,12,16H2,1-9H3,(H,27,30)(H,28,32). The fourth-order valence-electron chi connectivity index (χ4n) is 3.73. The van der Waals surface area contributed by atoms with Crippen LogP contribution in [-0.2, 0) is 14.3 Å². The van der Waals surface area contributed by atoms with Crippen molar-refractivity contribution in [3.8, 4) is 0 Å². The van der Waals surface area contributed by atoms with Crippen molar-refractivity contribution < 1.29 is 19.1 Å². The SMILES string of the molecule is CCCC(C)NC(=O)C(c1cccc(C)c1)N(C(=O)C(CS)NC(=O)OC(C)(C)C)C(C)(C)C. The zero-order valence-electron chi connectivity index (χ0n) is 22.2. The number of thiol groups is 1. The molecule has 0 saturated carbocycles. The van der Waals surface area contributed by atoms with Gasteiger partial charge in [0.1, 0.15) is 17.7 Å². The summed E-state index contributed by atoms with van der Waals surface area (Å²) in [5.74, 6) is -0.609. The lowest BCUT2D eigenvalue weighted by Gasteiger charge is -2.43. The van der Waals surface area contributed by atoms with Crippen molar-refractivity contribution in [3.63, 3.8) is 0 Å². The average Bonchev–Trinajstić information content (AvgIpc) is 2.67. The number of carbonyl (C=O) groups is 3. The summed E-state index contributed by atoms with van der Waals surface area (Å²) in [4.78, 5) is 41.5. The van der Waals surface area contributed by atoms with E-state index in [1.54, 1.807) is 25.7 Å². The number of nitrogens with zero attached hydrogens (tertiary/aromatic N) is 1. The second-order valence-electron chi connectivity index (χ2n) is 10.8. The third-order valence-corrected chi connectivity index (χ3v) is 5.47. The first-order chi connectivity index (χ1) is 15.6. The molecular weight excluding hydrogens is 450 g/mol. The first-order valence-electron chi connectivity index (χ1n) is 11.9. The highest BCUT2D eigenvalue weighted by atomic mass is 32.1. The molecule has 8 heteroatoms. The molecule has 0 spiro atoms. The van der Waals surface area contributed by atoms with Crippen molar-refractivity contribution in [1.82, 2.24) is 15.5 Å². The molecule has 2 N–H and O–H groups in total. The van der Waals surface area contributed by atoms with Gasteiger partial charge in [0, 0.05) is 17.3 Å². The molecule has 3 amide bonds. The third kappa shape index (κ3) is 9.20. The van der Waals surface area contributed by atoms with Crippen LogP contribution in [0.25, 0.3) is 0 Å². The van der Waals surface area contributed by atoms with Gasteiger partial charge in [-0.25, -0.2) is 4.79 Å². The second-order valence-corrected chi connectivity index (χ2v) is 11.1. The first kappa shape index (κ1) is 29.8. The smallest absolute Gasteiger partial charge is 0.408 e. The summed E-state index contributed by atoms with van der Waals surface area (Å²) in [6, 6.07) is 5.70. The van der Waals surface area contributed by atoms with Gasteiger partial charge in [-0.05, 0) is 67.4 Å². The van der Waals surface area contributed by atoms with E-state index in [1.165, 1.54) is 0 Å². The van der Waals surface area contributed by atoms with Gasteiger partial charge >= 0.3 is 6.09 Å². The molecule has 0 aliphatic carbocycles. The van der Waals surface area contributed by atoms with Crippen molar-refractivity contribution in [2.45, 2.75) is 104 Å². The largest absolute Gasteiger partial charge is 0.444 e. The average molecular weight is 494 g/mol. The lowest BCUT2D eigenvalue weighted by atomic mass is 9.94. The number of benzene rings is 1. The van der Waals surface area contributed by atoms with E-state index in [2.05, 4.69) is 30.2 Å². The molecule has 0 radical (unpaired) electrons. The molecule has 3 unspecified atom stereocenters. The van der Waals surface area contributed by atoms with Crippen LogP contribution in [0.3, 0.4) is 0 Å². The maximum atomic E-state index is 13.9. The molecule has 3 atom stereocenters. The molecule has 0 saturated heterocycles. The van der Waals surface area contributed by atoms with Gasteiger partial charge in [-0.2, -0.15) is 12.6 Å². The molecule has 0 aliphatic rings. The molecule has 0 fully saturated rings. The van der Waals surface area contributed by atoms with Crippen LogP contribution >= 0.6 is 12.6 Å². The maximum absolute atomic E-state index is 13.9. The highest BCUT2D eigenvalue weighted by molar-refractivity contribution is 7.80. The van der Waals surface area contributed by atoms with Gasteiger partial charge in [0.25, 0.3) is 0 Å². The minimum absolute atomic E-state index is 0.0395. The van der Waals surface area contributed by atoms with E-state index >= 15 is 0 Å². The van der Waals surface area contributed by atoms with Crippen molar-refractivity contribution in [2.24, 2.45) is 0 Å². The number of hydrogen-bond donors (Lipinski definition) is 3. The van der Waals surface area contributed by atoms with Crippen LogP contribution in [0, 0.1) is 6.92 Å². The summed E-state index contributed by atoms with van der Waals surface area (Å²) >= 11 is 4.32. The predicted molar refractivity (Wildman–Crippen MR) is 140 cm³/mol. The third-order valence-electron chi connectivity index (χ3n) is 5.11. The summed E-state index contributed by atoms with van der Waals surface area (Å²) in [7, 11) is 0. The van der Waals surface area contributed by atoms with Crippen molar-refractivity contribution >= 4 is 30.5 Å². The Kier molecular flexibility index (Phi) is 10.9. The summed E-state index contributed by atoms with van der Waals surface area (Å²) < 4.78 is 5.34. The van der Waals surface area contributed by atoms with Gasteiger partial charge in [-0.15, -0.1) is 0 Å². The van der Waals surface area contributed by atoms with Crippen LogP contribution in [0.2, 0.25) is 0 Å². The molecule has 1 aromatic rings. The maximum Gasteiger partial charge on any atom is 0.408 e. The zero-order valence-corrected chi connectivity index (χ0v) is 23.1. The number of ether oxygens (including phenoxy) is 1. The number of hydrogen-bond acceptors (Lipinski definition) is 5. The summed E-state index contributed by atoms with van der Waals surface area (Å²) in [5.41, 5.74) is 0.251. The first-order valence-corrected chi connectivity index (χ1v) is 12.5. The Morgan fingerprint density at radius 2 is 1.71 bits per heavy atom. The quantitative estimate of drug-likeness (QED) is 0.432. The predicted octanol–water partition coefficient (Wildman–Crippen LogP) is 4.79. The Morgan fingerprint density at radius 1 is 1.09 bits per heavy atom. The molecule has 0 aromatic heterocycles. The van der Waals surface area contributed by atoms with E-state index in [0.717, 1.165) is 18.4 Å². The number of nitrogens with one attached hydrogen (secondary N) is 2. The lowest BCUT2D eigenvalue weighted by Crippen LogP contribution is -2.59. The van der Waals surface area contributed by atoms with Gasteiger partial charge in [-0.1, -0.05) is 43.2 Å². The Morgan fingerprint density at radius 3 is 2.18 bits per heavy atom. The minimum atomic E-state index is -0.967. The number of alkyl carbamates (subject to hydrolysis) is 1. The summed E-state index contributed by atoms with van der Waals surface area (Å²) in [5, 5.41) is 5.70. The normalized spacial score (nSPS) is 14.5. The van der Waals surface area contributed by atoms with Crippen LogP contribution < -0.4 is 10.6 Å². The number of amides is 3. The Balaban J connectivity index is 3.46. The minimum Gasteiger partial charge on any atom is -0.444 e. The lowest BCUT2D eigenvalue weighted by molar-refractivity contribution is -0.148. The fraction of sp³-hybridized carbons (Fsp3) is 0.654. The molecule has 7 nitrogen and oxygen atoms in total.